The zero-order chi connectivity index (χ0) is 22.9. The molecule has 2 saturated heterocycles. The average Bonchev–Trinajstić information content (AvgIpc) is 3.22. The Hall–Kier alpha value is -2.57. The van der Waals surface area contributed by atoms with Gasteiger partial charge in [-0.25, -0.2) is 0 Å². The molecule has 2 amide bonds. The minimum Gasteiger partial charge on any atom is -0.354 e. The van der Waals surface area contributed by atoms with Crippen LogP contribution in [-0.2, 0) is 22.7 Å². The average molecular weight is 442 g/mol. The zero-order valence-electron chi connectivity index (χ0n) is 19.9. The number of aliphatic imine (C=N–C) groups is 1. The van der Waals surface area contributed by atoms with Gasteiger partial charge in [0, 0.05) is 58.2 Å². The van der Waals surface area contributed by atoms with Crippen LogP contribution in [0.1, 0.15) is 63.5 Å². The number of carbonyl (C=O) groups is 2. The SMILES string of the molecule is CCC(CC)C(=O)N1CCC(NC(=NC)NCc2cccc(CN3CCCC3=O)c2)CC1. The highest BCUT2D eigenvalue weighted by molar-refractivity contribution is 5.80. The van der Waals surface area contributed by atoms with Crippen LogP contribution in [0.25, 0.3) is 0 Å². The molecule has 0 aromatic heterocycles. The summed E-state index contributed by atoms with van der Waals surface area (Å²) in [6.45, 7) is 8.03. The molecular formula is C25H39N5O2. The molecule has 0 aliphatic carbocycles. The lowest BCUT2D eigenvalue weighted by molar-refractivity contribution is -0.136. The molecule has 0 radical (unpaired) electrons. The minimum atomic E-state index is 0.160. The third kappa shape index (κ3) is 6.47. The number of nitrogens with zero attached hydrogens (tertiary/aromatic N) is 3. The van der Waals surface area contributed by atoms with Gasteiger partial charge < -0.3 is 20.4 Å². The van der Waals surface area contributed by atoms with Gasteiger partial charge in [-0.05, 0) is 43.2 Å². The number of nitrogens with one attached hydrogen (secondary N) is 2. The van der Waals surface area contributed by atoms with Crippen molar-refractivity contribution in [1.82, 2.24) is 20.4 Å². The maximum absolute atomic E-state index is 12.6. The van der Waals surface area contributed by atoms with Gasteiger partial charge in [-0.2, -0.15) is 0 Å². The molecule has 7 nitrogen and oxygen atoms in total. The maximum Gasteiger partial charge on any atom is 0.225 e. The third-order valence-electron chi connectivity index (χ3n) is 6.70. The van der Waals surface area contributed by atoms with E-state index in [1.807, 2.05) is 9.80 Å². The van der Waals surface area contributed by atoms with Crippen LogP contribution in [0.5, 0.6) is 0 Å². The molecular weight excluding hydrogens is 402 g/mol. The smallest absolute Gasteiger partial charge is 0.225 e. The Labute approximate surface area is 192 Å². The summed E-state index contributed by atoms with van der Waals surface area (Å²) in [5.74, 6) is 1.51. The van der Waals surface area contributed by atoms with E-state index in [0.29, 0.717) is 31.5 Å². The second-order valence-corrected chi connectivity index (χ2v) is 8.92. The predicted molar refractivity (Wildman–Crippen MR) is 128 cm³/mol. The number of piperidine rings is 1. The Kier molecular flexibility index (Phi) is 8.94. The third-order valence-corrected chi connectivity index (χ3v) is 6.70. The van der Waals surface area contributed by atoms with Crippen molar-refractivity contribution < 1.29 is 9.59 Å². The van der Waals surface area contributed by atoms with Crippen LogP contribution in [0, 0.1) is 5.92 Å². The molecule has 2 aliphatic heterocycles. The Morgan fingerprint density at radius 1 is 1.16 bits per heavy atom. The first-order valence-corrected chi connectivity index (χ1v) is 12.2. The van der Waals surface area contributed by atoms with E-state index in [1.54, 1.807) is 7.05 Å². The second-order valence-electron chi connectivity index (χ2n) is 8.92. The first-order chi connectivity index (χ1) is 15.5. The molecule has 7 heteroatoms. The Bertz CT molecular complexity index is 797. The van der Waals surface area contributed by atoms with E-state index in [9.17, 15) is 9.59 Å². The van der Waals surface area contributed by atoms with E-state index in [-0.39, 0.29) is 11.8 Å². The van der Waals surface area contributed by atoms with Crippen LogP contribution in [0.4, 0.5) is 0 Å². The summed E-state index contributed by atoms with van der Waals surface area (Å²) in [5, 5.41) is 6.93. The van der Waals surface area contributed by atoms with Crippen molar-refractivity contribution in [2.24, 2.45) is 10.9 Å². The van der Waals surface area contributed by atoms with Crippen molar-refractivity contribution in [2.45, 2.75) is 71.5 Å². The summed E-state index contributed by atoms with van der Waals surface area (Å²) in [6, 6.07) is 8.71. The van der Waals surface area contributed by atoms with Crippen molar-refractivity contribution >= 4 is 17.8 Å². The molecule has 0 atom stereocenters. The van der Waals surface area contributed by atoms with E-state index < -0.39 is 0 Å². The summed E-state index contributed by atoms with van der Waals surface area (Å²) in [5.41, 5.74) is 2.33. The molecule has 2 heterocycles. The van der Waals surface area contributed by atoms with Gasteiger partial charge in [0.05, 0.1) is 0 Å². The highest BCUT2D eigenvalue weighted by atomic mass is 16.2. The van der Waals surface area contributed by atoms with Crippen molar-refractivity contribution in [2.75, 3.05) is 26.7 Å². The molecule has 2 N–H and O–H groups in total. The molecule has 2 aliphatic rings. The van der Waals surface area contributed by atoms with Crippen LogP contribution in [0.15, 0.2) is 29.3 Å². The van der Waals surface area contributed by atoms with Crippen molar-refractivity contribution in [1.29, 1.82) is 0 Å². The van der Waals surface area contributed by atoms with Crippen LogP contribution in [0.3, 0.4) is 0 Å². The first kappa shape index (κ1) is 24.1. The lowest BCUT2D eigenvalue weighted by Crippen LogP contribution is -2.50. The van der Waals surface area contributed by atoms with E-state index in [0.717, 1.165) is 63.3 Å². The molecule has 32 heavy (non-hydrogen) atoms. The fraction of sp³-hybridized carbons (Fsp3) is 0.640. The molecule has 1 aromatic rings. The number of hydrogen-bond donors (Lipinski definition) is 2. The Balaban J connectivity index is 1.45. The van der Waals surface area contributed by atoms with Gasteiger partial charge in [0.1, 0.15) is 0 Å². The number of guanidine groups is 1. The van der Waals surface area contributed by atoms with Gasteiger partial charge in [0.15, 0.2) is 5.96 Å². The van der Waals surface area contributed by atoms with E-state index in [1.165, 1.54) is 5.56 Å². The van der Waals surface area contributed by atoms with Gasteiger partial charge in [0.25, 0.3) is 0 Å². The van der Waals surface area contributed by atoms with Crippen LogP contribution in [-0.4, -0.2) is 60.3 Å². The molecule has 1 aromatic carbocycles. The largest absolute Gasteiger partial charge is 0.354 e. The van der Waals surface area contributed by atoms with Crippen molar-refractivity contribution in [3.63, 3.8) is 0 Å². The summed E-state index contributed by atoms with van der Waals surface area (Å²) < 4.78 is 0. The van der Waals surface area contributed by atoms with E-state index >= 15 is 0 Å². The van der Waals surface area contributed by atoms with Crippen molar-refractivity contribution in [3.8, 4) is 0 Å². The molecule has 0 bridgehead atoms. The highest BCUT2D eigenvalue weighted by Crippen LogP contribution is 2.18. The summed E-state index contributed by atoms with van der Waals surface area (Å²) in [4.78, 5) is 32.9. The standard InChI is InChI=1S/C25H39N5O2/c1-4-21(5-2)24(32)29-14-11-22(12-15-29)28-25(26-3)27-17-19-8-6-9-20(16-19)18-30-13-7-10-23(30)31/h6,8-9,16,21-22H,4-5,7,10-15,17-18H2,1-3H3,(H2,26,27,28). The number of carbonyl (C=O) groups excluding carboxylic acids is 2. The predicted octanol–water partition coefficient (Wildman–Crippen LogP) is 2.90. The van der Waals surface area contributed by atoms with E-state index in [2.05, 4.69) is 53.7 Å². The van der Waals surface area contributed by atoms with Gasteiger partial charge in [-0.1, -0.05) is 38.1 Å². The zero-order valence-corrected chi connectivity index (χ0v) is 19.9. The number of rotatable bonds is 8. The van der Waals surface area contributed by atoms with Gasteiger partial charge in [-0.15, -0.1) is 0 Å². The minimum absolute atomic E-state index is 0.160. The first-order valence-electron chi connectivity index (χ1n) is 12.2. The molecule has 2 fully saturated rings. The van der Waals surface area contributed by atoms with E-state index in [4.69, 9.17) is 0 Å². The molecule has 3 rings (SSSR count). The van der Waals surface area contributed by atoms with Gasteiger partial charge in [0.2, 0.25) is 11.8 Å². The van der Waals surface area contributed by atoms with Crippen molar-refractivity contribution in [3.05, 3.63) is 35.4 Å². The van der Waals surface area contributed by atoms with Crippen LogP contribution < -0.4 is 10.6 Å². The molecule has 0 unspecified atom stereocenters. The number of amides is 2. The Morgan fingerprint density at radius 2 is 1.88 bits per heavy atom. The van der Waals surface area contributed by atoms with Gasteiger partial charge in [-0.3, -0.25) is 14.6 Å². The fourth-order valence-corrected chi connectivity index (χ4v) is 4.64. The monoisotopic (exact) mass is 441 g/mol. The lowest BCUT2D eigenvalue weighted by Gasteiger charge is -2.34. The molecule has 0 spiro atoms. The molecule has 176 valence electrons. The summed E-state index contributed by atoms with van der Waals surface area (Å²) >= 11 is 0. The maximum atomic E-state index is 12.6. The quantitative estimate of drug-likeness (QED) is 0.480. The number of benzene rings is 1. The molecule has 0 saturated carbocycles. The van der Waals surface area contributed by atoms with Gasteiger partial charge >= 0.3 is 0 Å². The lowest BCUT2D eigenvalue weighted by atomic mass is 9.98. The highest BCUT2D eigenvalue weighted by Gasteiger charge is 2.27. The summed E-state index contributed by atoms with van der Waals surface area (Å²) in [7, 11) is 1.79. The topological polar surface area (TPSA) is 77.0 Å². The van der Waals surface area contributed by atoms with Crippen LogP contribution >= 0.6 is 0 Å². The normalized spacial score (nSPS) is 17.9. The Morgan fingerprint density at radius 3 is 2.50 bits per heavy atom. The number of hydrogen-bond acceptors (Lipinski definition) is 3. The summed E-state index contributed by atoms with van der Waals surface area (Å²) in [6.07, 6.45) is 5.35. The van der Waals surface area contributed by atoms with Crippen LogP contribution in [0.2, 0.25) is 0 Å². The second kappa shape index (κ2) is 11.9. The number of likely N-dealkylation sites (tertiary alicyclic amines) is 2. The fourth-order valence-electron chi connectivity index (χ4n) is 4.64.